The summed E-state index contributed by atoms with van der Waals surface area (Å²) in [7, 11) is 0. The Bertz CT molecular complexity index is 787. The Kier molecular flexibility index (Phi) is 4.20. The highest BCUT2D eigenvalue weighted by atomic mass is 32.2. The number of nitrogens with zero attached hydrogens (tertiary/aromatic N) is 1. The van der Waals surface area contributed by atoms with Crippen molar-refractivity contribution in [2.75, 3.05) is 11.9 Å². The first-order valence-corrected chi connectivity index (χ1v) is 7.90. The number of rotatable bonds is 5. The number of hydrogen-bond acceptors (Lipinski definition) is 6. The molecule has 1 heterocycles. The molecule has 0 radical (unpaired) electrons. The van der Waals surface area contributed by atoms with Crippen molar-refractivity contribution in [3.05, 3.63) is 42.5 Å². The van der Waals surface area contributed by atoms with E-state index in [1.165, 1.54) is 0 Å². The van der Waals surface area contributed by atoms with E-state index in [2.05, 4.69) is 5.32 Å². The van der Waals surface area contributed by atoms with Crippen molar-refractivity contribution in [2.45, 2.75) is 11.8 Å². The lowest BCUT2D eigenvalue weighted by Crippen LogP contribution is -2.37. The normalized spacial score (nSPS) is 17.7. The van der Waals surface area contributed by atoms with E-state index in [4.69, 9.17) is 0 Å². The van der Waals surface area contributed by atoms with Gasteiger partial charge in [-0.1, -0.05) is 36.4 Å². The second kappa shape index (κ2) is 6.29. The number of anilines is 1. The predicted molar refractivity (Wildman–Crippen MR) is 85.7 cm³/mol. The number of hydrogen-bond donors (Lipinski definition) is 1. The van der Waals surface area contributed by atoms with Crippen molar-refractivity contribution >= 4 is 45.3 Å². The first kappa shape index (κ1) is 15.4. The van der Waals surface area contributed by atoms with Crippen molar-refractivity contribution in [2.24, 2.45) is 0 Å². The second-order valence-electron chi connectivity index (χ2n) is 5.05. The van der Waals surface area contributed by atoms with Gasteiger partial charge in [0.15, 0.2) is 5.37 Å². The Labute approximate surface area is 136 Å². The van der Waals surface area contributed by atoms with Gasteiger partial charge in [0.05, 0.1) is 0 Å². The van der Waals surface area contributed by atoms with E-state index in [0.29, 0.717) is 0 Å². The second-order valence-corrected chi connectivity index (χ2v) is 6.10. The number of carboxylic acids is 1. The van der Waals surface area contributed by atoms with Crippen molar-refractivity contribution in [1.29, 1.82) is 0 Å². The first-order valence-electron chi connectivity index (χ1n) is 7.02. The van der Waals surface area contributed by atoms with Gasteiger partial charge in [0, 0.05) is 30.0 Å². The van der Waals surface area contributed by atoms with E-state index in [1.807, 2.05) is 42.5 Å². The Hall–Kier alpha value is -2.54. The lowest BCUT2D eigenvalue weighted by molar-refractivity contribution is -0.305. The zero-order valence-corrected chi connectivity index (χ0v) is 12.8. The molecule has 2 aromatic carbocycles. The molecule has 7 heteroatoms. The van der Waals surface area contributed by atoms with Crippen molar-refractivity contribution in [3.63, 3.8) is 0 Å². The molecule has 0 aliphatic carbocycles. The molecule has 0 saturated carbocycles. The summed E-state index contributed by atoms with van der Waals surface area (Å²) in [5.41, 5.74) is 0.753. The van der Waals surface area contributed by atoms with Crippen LogP contribution in [0.25, 0.3) is 10.8 Å². The molecule has 0 unspecified atom stereocenters. The third-order valence-corrected chi connectivity index (χ3v) is 4.52. The number of nitrogens with one attached hydrogen (secondary N) is 1. The molecule has 0 spiro atoms. The number of aliphatic carboxylic acids is 1. The predicted octanol–water partition coefficient (Wildman–Crippen LogP) is 1.41. The van der Waals surface area contributed by atoms with E-state index in [9.17, 15) is 19.5 Å². The highest BCUT2D eigenvalue weighted by molar-refractivity contribution is 8.15. The lowest BCUT2D eigenvalue weighted by Gasteiger charge is -2.16. The van der Waals surface area contributed by atoms with Crippen molar-refractivity contribution in [1.82, 2.24) is 4.90 Å². The highest BCUT2D eigenvalue weighted by Crippen LogP contribution is 2.31. The zero-order valence-electron chi connectivity index (χ0n) is 12.0. The van der Waals surface area contributed by atoms with Gasteiger partial charge in [-0.3, -0.25) is 14.5 Å². The van der Waals surface area contributed by atoms with Gasteiger partial charge in [-0.15, -0.1) is 0 Å². The largest absolute Gasteiger partial charge is 0.550 e. The van der Waals surface area contributed by atoms with Crippen LogP contribution in [0.5, 0.6) is 0 Å². The molecule has 118 valence electrons. The Balaban J connectivity index is 1.79. The molecule has 0 aromatic heterocycles. The number of carbonyl (C=O) groups is 3. The van der Waals surface area contributed by atoms with E-state index in [1.54, 1.807) is 0 Å². The summed E-state index contributed by atoms with van der Waals surface area (Å²) in [6.07, 6.45) is -0.362. The average Bonchev–Trinajstić information content (AvgIpc) is 2.79. The van der Waals surface area contributed by atoms with E-state index in [-0.39, 0.29) is 13.0 Å². The summed E-state index contributed by atoms with van der Waals surface area (Å²) in [6.45, 7) is -0.166. The van der Waals surface area contributed by atoms with Gasteiger partial charge in [0.2, 0.25) is 0 Å². The quantitative estimate of drug-likeness (QED) is 0.892. The minimum absolute atomic E-state index is 0.166. The maximum atomic E-state index is 12.3. The van der Waals surface area contributed by atoms with E-state index >= 15 is 0 Å². The molecule has 1 aliphatic rings. The number of benzene rings is 2. The fraction of sp³-hybridized carbons (Fsp3) is 0.188. The minimum Gasteiger partial charge on any atom is -0.550 e. The first-order chi connectivity index (χ1) is 11.1. The topological polar surface area (TPSA) is 89.5 Å². The Morgan fingerprint density at radius 3 is 2.70 bits per heavy atom. The average molecular weight is 329 g/mol. The van der Waals surface area contributed by atoms with Crippen LogP contribution in [-0.2, 0) is 9.59 Å². The molecule has 2 aromatic rings. The third kappa shape index (κ3) is 3.14. The SMILES string of the molecule is O=C([O-])CCN1C(=O)S[C@@H](Nc2cccc3ccccc23)C1=O. The van der Waals surface area contributed by atoms with Crippen LogP contribution in [-0.4, -0.2) is 33.9 Å². The summed E-state index contributed by atoms with van der Waals surface area (Å²) >= 11 is 0.850. The van der Waals surface area contributed by atoms with Crippen LogP contribution in [0.1, 0.15) is 6.42 Å². The molecule has 1 aliphatic heterocycles. The molecule has 1 saturated heterocycles. The molecule has 1 fully saturated rings. The van der Waals surface area contributed by atoms with Crippen LogP contribution in [0.2, 0.25) is 0 Å². The fourth-order valence-electron chi connectivity index (χ4n) is 2.43. The summed E-state index contributed by atoms with van der Waals surface area (Å²) in [6, 6.07) is 13.4. The van der Waals surface area contributed by atoms with Crippen molar-refractivity contribution < 1.29 is 19.5 Å². The van der Waals surface area contributed by atoms with Gasteiger partial charge in [0.25, 0.3) is 11.1 Å². The van der Waals surface area contributed by atoms with Crippen LogP contribution in [0, 0.1) is 0 Å². The van der Waals surface area contributed by atoms with Crippen LogP contribution < -0.4 is 10.4 Å². The van der Waals surface area contributed by atoms with Crippen LogP contribution in [0.15, 0.2) is 42.5 Å². The van der Waals surface area contributed by atoms with Gasteiger partial charge >= 0.3 is 0 Å². The van der Waals surface area contributed by atoms with Crippen LogP contribution >= 0.6 is 11.8 Å². The lowest BCUT2D eigenvalue weighted by atomic mass is 10.1. The fourth-order valence-corrected chi connectivity index (χ4v) is 3.36. The molecule has 1 atom stereocenters. The number of amides is 2. The highest BCUT2D eigenvalue weighted by Gasteiger charge is 2.39. The monoisotopic (exact) mass is 329 g/mol. The summed E-state index contributed by atoms with van der Waals surface area (Å²) < 4.78 is 0. The molecule has 2 amide bonds. The third-order valence-electron chi connectivity index (χ3n) is 3.55. The van der Waals surface area contributed by atoms with E-state index < -0.39 is 22.5 Å². The molecule has 6 nitrogen and oxygen atoms in total. The van der Waals surface area contributed by atoms with Gasteiger partial charge in [-0.25, -0.2) is 0 Å². The van der Waals surface area contributed by atoms with Crippen LogP contribution in [0.3, 0.4) is 0 Å². The zero-order chi connectivity index (χ0) is 16.4. The molecule has 1 N–H and O–H groups in total. The maximum absolute atomic E-state index is 12.3. The van der Waals surface area contributed by atoms with Crippen LogP contribution in [0.4, 0.5) is 10.5 Å². The molecular formula is C16H13N2O4S-. The Morgan fingerprint density at radius 1 is 1.17 bits per heavy atom. The number of imide groups is 1. The summed E-state index contributed by atoms with van der Waals surface area (Å²) in [5, 5.41) is 14.3. The minimum atomic E-state index is -1.29. The maximum Gasteiger partial charge on any atom is 0.290 e. The van der Waals surface area contributed by atoms with E-state index in [0.717, 1.165) is 33.1 Å². The van der Waals surface area contributed by atoms with Gasteiger partial charge in [-0.05, 0) is 23.2 Å². The molecule has 0 bridgehead atoms. The Morgan fingerprint density at radius 2 is 1.91 bits per heavy atom. The smallest absolute Gasteiger partial charge is 0.290 e. The van der Waals surface area contributed by atoms with Gasteiger partial charge in [-0.2, -0.15) is 0 Å². The number of carbonyl (C=O) groups excluding carboxylic acids is 3. The number of fused-ring (bicyclic) bond motifs is 1. The van der Waals surface area contributed by atoms with Gasteiger partial charge in [0.1, 0.15) is 0 Å². The molecule has 23 heavy (non-hydrogen) atoms. The van der Waals surface area contributed by atoms with Crippen molar-refractivity contribution in [3.8, 4) is 0 Å². The number of thioether (sulfide) groups is 1. The summed E-state index contributed by atoms with van der Waals surface area (Å²) in [5.74, 6) is -1.73. The standard InChI is InChI=1S/C16H14N2O4S/c19-13(20)8-9-18-15(21)14(23-16(18)22)17-12-7-3-5-10-4-1-2-6-11(10)12/h1-7,14,17H,8-9H2,(H,19,20)/p-1/t14-/m1/s1. The summed E-state index contributed by atoms with van der Waals surface area (Å²) in [4.78, 5) is 35.6. The molecule has 3 rings (SSSR count). The molecular weight excluding hydrogens is 316 g/mol. The number of carboxylic acid groups (broad SMARTS) is 1. The van der Waals surface area contributed by atoms with Gasteiger partial charge < -0.3 is 15.2 Å².